The zero-order valence-corrected chi connectivity index (χ0v) is 3.15. The van der Waals surface area contributed by atoms with Crippen molar-refractivity contribution >= 4 is 0 Å². The second-order valence-electron chi connectivity index (χ2n) is 0.561. The van der Waals surface area contributed by atoms with Gasteiger partial charge in [0.05, 0.1) is 0 Å². The Morgan fingerprint density at radius 1 is 1.67 bits per heavy atom. The van der Waals surface area contributed by atoms with Gasteiger partial charge < -0.3 is 18.3 Å². The highest BCUT2D eigenvalue weighted by atomic mass is 13.5. The lowest BCUT2D eigenvalue weighted by molar-refractivity contribution is 2.24. The monoisotopic (exact) mass is 74.0 g/mol. The van der Waals surface area contributed by atoms with Crippen LogP contribution < -0.4 is 0 Å². The average molecular weight is 74.1 g/mol. The molecule has 0 aliphatic carbocycles. The van der Waals surface area contributed by atoms with Gasteiger partial charge in [0.1, 0.15) is 0 Å². The van der Waals surface area contributed by atoms with Gasteiger partial charge in [0.25, 0.3) is 0 Å². The normalized spacial score (nSPS) is 3.83. The second kappa shape index (κ2) is 3.86. The van der Waals surface area contributed by atoms with Gasteiger partial charge in [0, 0.05) is 0 Å². The summed E-state index contributed by atoms with van der Waals surface area (Å²) in [6.07, 6.45) is 7.38. The molecular formula is C6H2-2. The van der Waals surface area contributed by atoms with E-state index in [1.165, 1.54) is 6.08 Å². The molecule has 0 aliphatic rings. The third kappa shape index (κ3) is 2.86. The fraction of sp³-hybridized carbons (Fsp3) is 0. The Balaban J connectivity index is 3.50. The zero-order valence-electron chi connectivity index (χ0n) is 3.15. The molecule has 0 atom stereocenters. The van der Waals surface area contributed by atoms with E-state index in [1.807, 2.05) is 5.92 Å². The minimum absolute atomic E-state index is 1.17. The molecule has 0 fully saturated rings. The molecule has 0 saturated heterocycles. The fourth-order valence-electron chi connectivity index (χ4n) is 0.0778. The van der Waals surface area contributed by atoms with E-state index < -0.39 is 0 Å². The van der Waals surface area contributed by atoms with Crippen LogP contribution in [0.25, 0.3) is 0 Å². The van der Waals surface area contributed by atoms with E-state index in [4.69, 9.17) is 13.0 Å². The summed E-state index contributed by atoms with van der Waals surface area (Å²) in [7, 11) is 0. The molecule has 0 rings (SSSR count). The Hall–Kier alpha value is -1.14. The minimum Gasteiger partial charge on any atom is -0.413 e. The predicted octanol–water partition coefficient (Wildman–Crippen LogP) is 0.569. The lowest BCUT2D eigenvalue weighted by atomic mass is 10.6. The molecule has 0 spiro atoms. The molecule has 0 amide bonds. The molecule has 0 aliphatic heterocycles. The highest BCUT2D eigenvalue weighted by molar-refractivity contribution is 5.24. The van der Waals surface area contributed by atoms with Crippen LogP contribution in [0.2, 0.25) is 0 Å². The molecule has 0 saturated carbocycles. The van der Waals surface area contributed by atoms with Crippen LogP contribution in [0.4, 0.5) is 0 Å². The van der Waals surface area contributed by atoms with Crippen molar-refractivity contribution in [3.05, 3.63) is 19.1 Å². The van der Waals surface area contributed by atoms with Crippen molar-refractivity contribution in [1.29, 1.82) is 0 Å². The standard InChI is InChI=1S/C6H2/c1-3-5-6-4-2/h1,3H/q-2. The molecule has 0 heteroatoms. The van der Waals surface area contributed by atoms with Crippen LogP contribution in [0.3, 0.4) is 0 Å². The first kappa shape index (κ1) is 4.86. The molecule has 0 heterocycles. The molecule has 0 N–H and O–H groups in total. The molecule has 0 aromatic rings. The summed E-state index contributed by atoms with van der Waals surface area (Å²) in [6, 6.07) is 0. The lowest BCUT2D eigenvalue weighted by Crippen LogP contribution is -1.41. The van der Waals surface area contributed by atoms with Crippen molar-refractivity contribution in [2.45, 2.75) is 0 Å². The first-order valence-electron chi connectivity index (χ1n) is 1.37. The molecule has 6 heavy (non-hydrogen) atoms. The van der Waals surface area contributed by atoms with Crippen LogP contribution in [0.5, 0.6) is 0 Å². The summed E-state index contributed by atoms with van der Waals surface area (Å²) in [5.74, 6) is 6.33. The third-order valence-corrected chi connectivity index (χ3v) is 0.218. The Labute approximate surface area is 37.9 Å². The van der Waals surface area contributed by atoms with Crippen molar-refractivity contribution in [2.24, 2.45) is 0 Å². The van der Waals surface area contributed by atoms with Crippen molar-refractivity contribution in [3.63, 3.8) is 0 Å². The Morgan fingerprint density at radius 3 is 2.50 bits per heavy atom. The minimum atomic E-state index is 1.17. The molecule has 0 aromatic heterocycles. The second-order valence-corrected chi connectivity index (χ2v) is 0.561. The van der Waals surface area contributed by atoms with Crippen LogP contribution in [0.1, 0.15) is 0 Å². The van der Waals surface area contributed by atoms with E-state index in [0.717, 1.165) is 0 Å². The molecule has 28 valence electrons. The Kier molecular flexibility index (Phi) is 3.13. The Morgan fingerprint density at radius 2 is 2.33 bits per heavy atom. The van der Waals surface area contributed by atoms with E-state index in [2.05, 4.69) is 11.8 Å². The smallest absolute Gasteiger partial charge is 0.230 e. The van der Waals surface area contributed by atoms with Gasteiger partial charge in [0.15, 0.2) is 0 Å². The molecule has 0 bridgehead atoms. The third-order valence-electron chi connectivity index (χ3n) is 0.218. The Bertz CT molecular complexity index is 124. The van der Waals surface area contributed by atoms with Gasteiger partial charge in [0.2, 0.25) is 0 Å². The van der Waals surface area contributed by atoms with E-state index in [1.54, 1.807) is 0 Å². The summed E-state index contributed by atoms with van der Waals surface area (Å²) >= 11 is 0. The fourth-order valence-corrected chi connectivity index (χ4v) is 0.0778. The quantitative estimate of drug-likeness (QED) is 0.291. The van der Waals surface area contributed by atoms with Crippen molar-refractivity contribution in [1.82, 2.24) is 0 Å². The first-order valence-corrected chi connectivity index (χ1v) is 1.37. The maximum atomic E-state index is 6.21. The van der Waals surface area contributed by atoms with Crippen molar-refractivity contribution < 1.29 is 0 Å². The van der Waals surface area contributed by atoms with Crippen LogP contribution >= 0.6 is 0 Å². The SMILES string of the molecule is [C-]#CC#CC=[CH-]. The summed E-state index contributed by atoms with van der Waals surface area (Å²) in [6.45, 7) is 4.79. The van der Waals surface area contributed by atoms with Crippen molar-refractivity contribution in [2.75, 3.05) is 0 Å². The van der Waals surface area contributed by atoms with Gasteiger partial charge >= 0.3 is 0 Å². The number of hydrogen-bond acceptors (Lipinski definition) is 0. The van der Waals surface area contributed by atoms with Crippen LogP contribution in [0, 0.1) is 30.8 Å². The van der Waals surface area contributed by atoms with Crippen molar-refractivity contribution in [3.8, 4) is 17.8 Å². The van der Waals surface area contributed by atoms with E-state index in [-0.39, 0.29) is 0 Å². The summed E-state index contributed by atoms with van der Waals surface area (Å²) in [5, 5.41) is 0. The van der Waals surface area contributed by atoms with Gasteiger partial charge in [-0.2, -0.15) is 0 Å². The average Bonchev–Trinajstić information content (AvgIpc) is 1.61. The largest absolute Gasteiger partial charge is 0.413 e. The topological polar surface area (TPSA) is 0 Å². The highest BCUT2D eigenvalue weighted by Crippen LogP contribution is 1.50. The summed E-state index contributed by atoms with van der Waals surface area (Å²) < 4.78 is 0. The molecule has 0 unspecified atom stereocenters. The predicted molar refractivity (Wildman–Crippen MR) is 23.8 cm³/mol. The van der Waals surface area contributed by atoms with Crippen LogP contribution in [0.15, 0.2) is 6.08 Å². The maximum absolute atomic E-state index is 6.21. The lowest BCUT2D eigenvalue weighted by Gasteiger charge is -1.78. The summed E-state index contributed by atoms with van der Waals surface area (Å²) in [5.41, 5.74) is 0. The highest BCUT2D eigenvalue weighted by Gasteiger charge is 1.12. The van der Waals surface area contributed by atoms with E-state index in [9.17, 15) is 0 Å². The summed E-state index contributed by atoms with van der Waals surface area (Å²) in [4.78, 5) is 0. The molecular weight excluding hydrogens is 72.1 g/mol. The van der Waals surface area contributed by atoms with Gasteiger partial charge in [-0.05, 0) is 0 Å². The van der Waals surface area contributed by atoms with Gasteiger partial charge in [-0.1, -0.05) is 0 Å². The van der Waals surface area contributed by atoms with E-state index >= 15 is 0 Å². The molecule has 0 radical (unpaired) electrons. The maximum Gasteiger partial charge on any atom is -0.230 e. The number of rotatable bonds is 0. The van der Waals surface area contributed by atoms with Crippen LogP contribution in [-0.4, -0.2) is 0 Å². The van der Waals surface area contributed by atoms with Gasteiger partial charge in [-0.3, -0.25) is 12.5 Å². The van der Waals surface area contributed by atoms with Gasteiger partial charge in [-0.15, -0.1) is 0 Å². The zero-order chi connectivity index (χ0) is 4.83. The number of allylic oxidation sites excluding steroid dienone is 1. The molecule has 0 aromatic carbocycles. The number of hydrogen-bond donors (Lipinski definition) is 0. The molecule has 0 nitrogen and oxygen atoms in total. The van der Waals surface area contributed by atoms with Crippen LogP contribution in [-0.2, 0) is 0 Å². The first-order chi connectivity index (χ1) is 2.91. The van der Waals surface area contributed by atoms with E-state index in [0.29, 0.717) is 0 Å². The van der Waals surface area contributed by atoms with Gasteiger partial charge in [-0.25, -0.2) is 6.08 Å².